The third kappa shape index (κ3) is 3.61. The molecule has 1 unspecified atom stereocenters. The average molecular weight is 281 g/mol. The molecular weight excluding hydrogens is 269 g/mol. The van der Waals surface area contributed by atoms with Crippen LogP contribution in [0.25, 0.3) is 0 Å². The summed E-state index contributed by atoms with van der Waals surface area (Å²) in [6.45, 7) is 1.58. The number of hydrogen-bond donors (Lipinski definition) is 2. The maximum Gasteiger partial charge on any atom is 0.416 e. The smallest absolute Gasteiger partial charge is 0.323 e. The van der Waals surface area contributed by atoms with E-state index in [2.05, 4.69) is 10.6 Å². The summed E-state index contributed by atoms with van der Waals surface area (Å²) in [5, 5.41) is 5.07. The number of alkyl halides is 3. The summed E-state index contributed by atoms with van der Waals surface area (Å²) in [6.07, 6.45) is -4.47. The maximum absolute atomic E-state index is 12.5. The van der Waals surface area contributed by atoms with Crippen molar-refractivity contribution >= 4 is 23.2 Å². The Kier molecular flexibility index (Phi) is 4.59. The van der Waals surface area contributed by atoms with Gasteiger partial charge < -0.3 is 10.6 Å². The number of halogens is 4. The third-order valence-electron chi connectivity index (χ3n) is 2.38. The highest BCUT2D eigenvalue weighted by atomic mass is 35.5. The zero-order valence-electron chi connectivity index (χ0n) is 9.73. The highest BCUT2D eigenvalue weighted by Crippen LogP contribution is 2.33. The van der Waals surface area contributed by atoms with E-state index in [1.807, 2.05) is 0 Å². The van der Waals surface area contributed by atoms with Gasteiger partial charge in [0.25, 0.3) is 0 Å². The molecule has 1 atom stereocenters. The largest absolute Gasteiger partial charge is 0.416 e. The molecule has 0 fully saturated rings. The molecule has 0 aliphatic carbocycles. The van der Waals surface area contributed by atoms with Crippen LogP contribution in [0, 0.1) is 0 Å². The van der Waals surface area contributed by atoms with Crippen molar-refractivity contribution in [2.75, 3.05) is 12.4 Å². The molecule has 0 aromatic heterocycles. The van der Waals surface area contributed by atoms with Gasteiger partial charge in [-0.15, -0.1) is 0 Å². The first-order valence-corrected chi connectivity index (χ1v) is 5.48. The summed E-state index contributed by atoms with van der Waals surface area (Å²) in [5.41, 5.74) is -0.919. The van der Waals surface area contributed by atoms with E-state index in [0.29, 0.717) is 0 Å². The molecule has 0 bridgehead atoms. The minimum Gasteiger partial charge on any atom is -0.323 e. The van der Waals surface area contributed by atoms with Gasteiger partial charge in [0.2, 0.25) is 5.91 Å². The van der Waals surface area contributed by atoms with Gasteiger partial charge in [-0.2, -0.15) is 13.2 Å². The Hall–Kier alpha value is -1.27. The second kappa shape index (κ2) is 5.58. The molecule has 0 saturated carbocycles. The molecule has 0 radical (unpaired) electrons. The number of nitrogens with one attached hydrogen (secondary N) is 2. The van der Waals surface area contributed by atoms with Crippen LogP contribution in [0.2, 0.25) is 5.02 Å². The first kappa shape index (κ1) is 14.8. The van der Waals surface area contributed by atoms with Gasteiger partial charge in [0, 0.05) is 0 Å². The molecule has 1 amide bonds. The molecule has 2 N–H and O–H groups in total. The van der Waals surface area contributed by atoms with Gasteiger partial charge in [0.05, 0.1) is 22.3 Å². The molecule has 0 heterocycles. The van der Waals surface area contributed by atoms with Crippen LogP contribution in [0.3, 0.4) is 0 Å². The van der Waals surface area contributed by atoms with Gasteiger partial charge in [-0.25, -0.2) is 0 Å². The lowest BCUT2D eigenvalue weighted by atomic mass is 10.2. The van der Waals surface area contributed by atoms with Crippen molar-refractivity contribution in [2.24, 2.45) is 0 Å². The van der Waals surface area contributed by atoms with E-state index in [1.54, 1.807) is 14.0 Å². The van der Waals surface area contributed by atoms with E-state index in [0.717, 1.165) is 18.2 Å². The van der Waals surface area contributed by atoms with Gasteiger partial charge >= 0.3 is 6.18 Å². The summed E-state index contributed by atoms with van der Waals surface area (Å²) in [7, 11) is 1.57. The topological polar surface area (TPSA) is 41.1 Å². The van der Waals surface area contributed by atoms with E-state index in [4.69, 9.17) is 11.6 Å². The number of benzene rings is 1. The molecule has 18 heavy (non-hydrogen) atoms. The van der Waals surface area contributed by atoms with Crippen molar-refractivity contribution in [2.45, 2.75) is 19.1 Å². The second-order valence-electron chi connectivity index (χ2n) is 3.69. The molecule has 100 valence electrons. The molecule has 1 aromatic rings. The van der Waals surface area contributed by atoms with Crippen molar-refractivity contribution in [3.05, 3.63) is 28.8 Å². The van der Waals surface area contributed by atoms with Crippen LogP contribution in [-0.4, -0.2) is 19.0 Å². The lowest BCUT2D eigenvalue weighted by Gasteiger charge is -2.14. The van der Waals surface area contributed by atoms with Crippen molar-refractivity contribution in [3.63, 3.8) is 0 Å². The highest BCUT2D eigenvalue weighted by Gasteiger charge is 2.31. The van der Waals surface area contributed by atoms with Crippen LogP contribution in [0.4, 0.5) is 18.9 Å². The molecule has 0 saturated heterocycles. The van der Waals surface area contributed by atoms with Crippen molar-refractivity contribution in [1.82, 2.24) is 5.32 Å². The Balaban J connectivity index is 2.99. The zero-order chi connectivity index (χ0) is 13.9. The van der Waals surface area contributed by atoms with E-state index >= 15 is 0 Å². The third-order valence-corrected chi connectivity index (χ3v) is 2.71. The molecule has 1 rings (SSSR count). The number of rotatable bonds is 3. The molecule has 1 aromatic carbocycles. The Labute approximate surface area is 107 Å². The van der Waals surface area contributed by atoms with Crippen LogP contribution >= 0.6 is 11.6 Å². The quantitative estimate of drug-likeness (QED) is 0.894. The van der Waals surface area contributed by atoms with Crippen molar-refractivity contribution < 1.29 is 18.0 Å². The first-order valence-electron chi connectivity index (χ1n) is 5.10. The fraction of sp³-hybridized carbons (Fsp3) is 0.364. The average Bonchev–Trinajstić information content (AvgIpc) is 2.29. The summed E-state index contributed by atoms with van der Waals surface area (Å²) in [5.74, 6) is -0.460. The maximum atomic E-state index is 12.5. The minimum absolute atomic E-state index is 0.0552. The predicted octanol–water partition coefficient (Wildman–Crippen LogP) is 2.91. The summed E-state index contributed by atoms with van der Waals surface area (Å²) in [4.78, 5) is 11.5. The highest BCUT2D eigenvalue weighted by molar-refractivity contribution is 6.33. The molecular formula is C11H12ClF3N2O. The normalized spacial score (nSPS) is 13.2. The molecule has 3 nitrogen and oxygen atoms in total. The number of anilines is 1. The number of amides is 1. The van der Waals surface area contributed by atoms with Crippen LogP contribution in [0.5, 0.6) is 0 Å². The lowest BCUT2D eigenvalue weighted by molar-refractivity contribution is -0.137. The van der Waals surface area contributed by atoms with E-state index in [9.17, 15) is 18.0 Å². The SMILES string of the molecule is CNC(C)C(=O)Nc1cc(C(F)(F)F)ccc1Cl. The van der Waals surface area contributed by atoms with E-state index in [-0.39, 0.29) is 10.7 Å². The van der Waals surface area contributed by atoms with Gasteiger partial charge in [0.1, 0.15) is 0 Å². The van der Waals surface area contributed by atoms with Gasteiger partial charge in [-0.3, -0.25) is 4.79 Å². The fourth-order valence-corrected chi connectivity index (χ4v) is 1.33. The van der Waals surface area contributed by atoms with E-state index in [1.165, 1.54) is 0 Å². The van der Waals surface area contributed by atoms with Crippen LogP contribution < -0.4 is 10.6 Å². The molecule has 0 aliphatic heterocycles. The lowest BCUT2D eigenvalue weighted by Crippen LogP contribution is -2.35. The number of carbonyl (C=O) groups is 1. The molecule has 0 aliphatic rings. The Morgan fingerprint density at radius 1 is 1.39 bits per heavy atom. The van der Waals surface area contributed by atoms with E-state index < -0.39 is 23.7 Å². The summed E-state index contributed by atoms with van der Waals surface area (Å²) >= 11 is 5.74. The Morgan fingerprint density at radius 3 is 2.50 bits per heavy atom. The Bertz CT molecular complexity index is 448. The van der Waals surface area contributed by atoms with Crippen molar-refractivity contribution in [1.29, 1.82) is 0 Å². The van der Waals surface area contributed by atoms with Gasteiger partial charge in [-0.1, -0.05) is 11.6 Å². The second-order valence-corrected chi connectivity index (χ2v) is 4.10. The monoisotopic (exact) mass is 280 g/mol. The van der Waals surface area contributed by atoms with Crippen molar-refractivity contribution in [3.8, 4) is 0 Å². The van der Waals surface area contributed by atoms with Gasteiger partial charge in [-0.05, 0) is 32.2 Å². The minimum atomic E-state index is -4.47. The number of likely N-dealkylation sites (N-methyl/N-ethyl adjacent to an activating group) is 1. The van der Waals surface area contributed by atoms with Crippen LogP contribution in [0.15, 0.2) is 18.2 Å². The number of carbonyl (C=O) groups excluding carboxylic acids is 1. The predicted molar refractivity (Wildman–Crippen MR) is 63.6 cm³/mol. The summed E-state index contributed by atoms with van der Waals surface area (Å²) in [6, 6.07) is 2.24. The standard InChI is InChI=1S/C11H12ClF3N2O/c1-6(16-2)10(18)17-9-5-7(11(13,14)15)3-4-8(9)12/h3-6,16H,1-2H3,(H,17,18). The number of hydrogen-bond acceptors (Lipinski definition) is 2. The van der Waals surface area contributed by atoms with Crippen LogP contribution in [0.1, 0.15) is 12.5 Å². The van der Waals surface area contributed by atoms with Crippen LogP contribution in [-0.2, 0) is 11.0 Å². The Morgan fingerprint density at radius 2 is 2.00 bits per heavy atom. The zero-order valence-corrected chi connectivity index (χ0v) is 10.5. The fourth-order valence-electron chi connectivity index (χ4n) is 1.17. The van der Waals surface area contributed by atoms with Gasteiger partial charge in [0.15, 0.2) is 0 Å². The molecule has 0 spiro atoms. The molecule has 7 heteroatoms. The summed E-state index contributed by atoms with van der Waals surface area (Å²) < 4.78 is 37.5. The first-order chi connectivity index (χ1) is 8.25.